The summed E-state index contributed by atoms with van der Waals surface area (Å²) >= 11 is 0. The normalized spacial score (nSPS) is 18.0. The second-order valence-corrected chi connectivity index (χ2v) is 7.94. The Labute approximate surface area is 159 Å². The lowest BCUT2D eigenvalue weighted by atomic mass is 9.79. The summed E-state index contributed by atoms with van der Waals surface area (Å²) in [5, 5.41) is 8.39. The van der Waals surface area contributed by atoms with Crippen LogP contribution >= 0.6 is 0 Å². The molecule has 1 aliphatic rings. The Morgan fingerprint density at radius 1 is 0.778 bits per heavy atom. The molecule has 5 nitrogen and oxygen atoms in total. The molecule has 2 heterocycles. The minimum atomic E-state index is -0.380. The summed E-state index contributed by atoms with van der Waals surface area (Å²) < 4.78 is 18.1. The molecule has 27 heavy (non-hydrogen) atoms. The highest BCUT2D eigenvalue weighted by Gasteiger charge is 2.51. The van der Waals surface area contributed by atoms with Crippen molar-refractivity contribution in [2.45, 2.75) is 45.8 Å². The molecular weight excluding hydrogens is 339 g/mol. The molecule has 6 heteroatoms. The molecule has 1 aliphatic heterocycles. The van der Waals surface area contributed by atoms with Gasteiger partial charge in [0.05, 0.1) is 11.2 Å². The van der Waals surface area contributed by atoms with Crippen LogP contribution in [-0.4, -0.2) is 28.5 Å². The summed E-state index contributed by atoms with van der Waals surface area (Å²) in [6.45, 7) is 10.2. The molecule has 0 bridgehead atoms. The van der Waals surface area contributed by atoms with Gasteiger partial charge in [0, 0.05) is 11.1 Å². The number of rotatable bonds is 3. The van der Waals surface area contributed by atoms with Gasteiger partial charge in [-0.3, -0.25) is 0 Å². The quantitative estimate of drug-likeness (QED) is 0.659. The van der Waals surface area contributed by atoms with Gasteiger partial charge in [-0.25, -0.2) is 0 Å². The van der Waals surface area contributed by atoms with E-state index in [1.54, 1.807) is 0 Å². The highest BCUT2D eigenvalue weighted by molar-refractivity contribution is 6.62. The predicted molar refractivity (Wildman–Crippen MR) is 106 cm³/mol. The molecule has 0 atom stereocenters. The third-order valence-electron chi connectivity index (χ3n) is 5.48. The van der Waals surface area contributed by atoms with E-state index in [0.717, 1.165) is 22.2 Å². The fraction of sp³-hybridized carbons (Fsp3) is 0.333. The van der Waals surface area contributed by atoms with Crippen LogP contribution in [0.5, 0.6) is 0 Å². The molecule has 1 fully saturated rings. The highest BCUT2D eigenvalue weighted by Crippen LogP contribution is 2.36. The molecule has 0 N–H and O–H groups in total. The molecule has 4 rings (SSSR count). The molecule has 3 aromatic rings. The van der Waals surface area contributed by atoms with E-state index >= 15 is 0 Å². The van der Waals surface area contributed by atoms with Crippen molar-refractivity contribution >= 4 is 12.6 Å². The van der Waals surface area contributed by atoms with Gasteiger partial charge >= 0.3 is 7.12 Å². The van der Waals surface area contributed by atoms with Crippen molar-refractivity contribution in [1.29, 1.82) is 0 Å². The maximum absolute atomic E-state index is 6.10. The van der Waals surface area contributed by atoms with E-state index in [4.69, 9.17) is 13.7 Å². The molecule has 0 unspecified atom stereocenters. The lowest BCUT2D eigenvalue weighted by molar-refractivity contribution is 0.00578. The monoisotopic (exact) mass is 362 g/mol. The van der Waals surface area contributed by atoms with Crippen LogP contribution in [0.25, 0.3) is 22.9 Å². The molecule has 0 spiro atoms. The largest absolute Gasteiger partial charge is 0.494 e. The van der Waals surface area contributed by atoms with Gasteiger partial charge in [0.2, 0.25) is 11.8 Å². The van der Waals surface area contributed by atoms with E-state index < -0.39 is 0 Å². The minimum Gasteiger partial charge on any atom is -0.416 e. The lowest BCUT2D eigenvalue weighted by Gasteiger charge is -2.32. The van der Waals surface area contributed by atoms with Crippen LogP contribution in [-0.2, 0) is 9.31 Å². The topological polar surface area (TPSA) is 57.4 Å². The van der Waals surface area contributed by atoms with Gasteiger partial charge in [-0.1, -0.05) is 30.3 Å². The molecule has 1 aromatic heterocycles. The van der Waals surface area contributed by atoms with Gasteiger partial charge < -0.3 is 13.7 Å². The standard InChI is InChI=1S/C21H23BN2O3/c1-14-8-6-7-9-17(14)19-24-23-18(25-19)15-10-12-16(13-11-15)22-26-20(2,3)21(4,5)27-22/h6-13H,1-5H3. The van der Waals surface area contributed by atoms with Crippen molar-refractivity contribution in [1.82, 2.24) is 10.2 Å². The third-order valence-corrected chi connectivity index (χ3v) is 5.48. The summed E-state index contributed by atoms with van der Waals surface area (Å²) in [5.41, 5.74) is 3.17. The lowest BCUT2D eigenvalue weighted by Crippen LogP contribution is -2.41. The van der Waals surface area contributed by atoms with Gasteiger partial charge in [-0.2, -0.15) is 0 Å². The zero-order valence-corrected chi connectivity index (χ0v) is 16.3. The first-order valence-electron chi connectivity index (χ1n) is 9.12. The maximum atomic E-state index is 6.10. The molecule has 0 amide bonds. The number of benzene rings is 2. The van der Waals surface area contributed by atoms with E-state index in [-0.39, 0.29) is 18.3 Å². The van der Waals surface area contributed by atoms with Gasteiger partial charge in [-0.15, -0.1) is 10.2 Å². The first-order valence-corrected chi connectivity index (χ1v) is 9.12. The van der Waals surface area contributed by atoms with Crippen LogP contribution < -0.4 is 5.46 Å². The number of hydrogen-bond donors (Lipinski definition) is 0. The predicted octanol–water partition coefficient (Wildman–Crippen LogP) is 4.01. The Bertz CT molecular complexity index is 948. The Morgan fingerprint density at radius 3 is 2.00 bits per heavy atom. The summed E-state index contributed by atoms with van der Waals surface area (Å²) in [7, 11) is -0.380. The SMILES string of the molecule is Cc1ccccc1-c1nnc(-c2ccc(B3OC(C)(C)C(C)(C)O3)cc2)o1. The zero-order valence-electron chi connectivity index (χ0n) is 16.3. The fourth-order valence-corrected chi connectivity index (χ4v) is 3.02. The number of hydrogen-bond acceptors (Lipinski definition) is 5. The van der Waals surface area contributed by atoms with Crippen LogP contribution in [0.1, 0.15) is 33.3 Å². The van der Waals surface area contributed by atoms with Crippen molar-refractivity contribution in [3.8, 4) is 22.9 Å². The second-order valence-electron chi connectivity index (χ2n) is 7.94. The zero-order chi connectivity index (χ0) is 19.2. The summed E-state index contributed by atoms with van der Waals surface area (Å²) in [5.74, 6) is 1.02. The van der Waals surface area contributed by atoms with Crippen LogP contribution in [0.4, 0.5) is 0 Å². The van der Waals surface area contributed by atoms with Crippen molar-refractivity contribution in [2.75, 3.05) is 0 Å². The molecule has 0 radical (unpaired) electrons. The number of aromatic nitrogens is 2. The molecule has 0 aliphatic carbocycles. The van der Waals surface area contributed by atoms with Crippen molar-refractivity contribution in [2.24, 2.45) is 0 Å². The van der Waals surface area contributed by atoms with E-state index in [1.165, 1.54) is 0 Å². The van der Waals surface area contributed by atoms with Gasteiger partial charge in [0.1, 0.15) is 0 Å². The van der Waals surface area contributed by atoms with Crippen LogP contribution in [0.15, 0.2) is 52.9 Å². The summed E-state index contributed by atoms with van der Waals surface area (Å²) in [6, 6.07) is 15.8. The molecule has 1 saturated heterocycles. The molecule has 138 valence electrons. The average molecular weight is 362 g/mol. The van der Waals surface area contributed by atoms with Crippen molar-refractivity contribution < 1.29 is 13.7 Å². The maximum Gasteiger partial charge on any atom is 0.494 e. The minimum absolute atomic E-state index is 0.356. The van der Waals surface area contributed by atoms with Crippen LogP contribution in [0.2, 0.25) is 0 Å². The van der Waals surface area contributed by atoms with Crippen molar-refractivity contribution in [3.05, 3.63) is 54.1 Å². The third kappa shape index (κ3) is 3.20. The number of aryl methyl sites for hydroxylation is 1. The average Bonchev–Trinajstić information content (AvgIpc) is 3.18. The van der Waals surface area contributed by atoms with E-state index in [2.05, 4.69) is 10.2 Å². The highest BCUT2D eigenvalue weighted by atomic mass is 16.7. The van der Waals surface area contributed by atoms with Gasteiger partial charge in [0.25, 0.3) is 0 Å². The first kappa shape index (κ1) is 18.0. The van der Waals surface area contributed by atoms with Crippen LogP contribution in [0.3, 0.4) is 0 Å². The van der Waals surface area contributed by atoms with Gasteiger partial charge in [-0.05, 0) is 63.8 Å². The Balaban J connectivity index is 1.57. The first-order chi connectivity index (χ1) is 12.8. The van der Waals surface area contributed by atoms with Gasteiger partial charge in [0.15, 0.2) is 0 Å². The Hall–Kier alpha value is -2.44. The summed E-state index contributed by atoms with van der Waals surface area (Å²) in [4.78, 5) is 0. The number of nitrogens with zero attached hydrogens (tertiary/aromatic N) is 2. The summed E-state index contributed by atoms with van der Waals surface area (Å²) in [6.07, 6.45) is 0. The molecule has 2 aromatic carbocycles. The molecular formula is C21H23BN2O3. The van der Waals surface area contributed by atoms with E-state index in [9.17, 15) is 0 Å². The van der Waals surface area contributed by atoms with E-state index in [1.807, 2.05) is 83.1 Å². The van der Waals surface area contributed by atoms with Crippen molar-refractivity contribution in [3.63, 3.8) is 0 Å². The second kappa shape index (κ2) is 6.32. The van der Waals surface area contributed by atoms with E-state index in [0.29, 0.717) is 11.8 Å². The van der Waals surface area contributed by atoms with Crippen LogP contribution in [0, 0.1) is 6.92 Å². The Morgan fingerprint density at radius 2 is 1.37 bits per heavy atom. The fourth-order valence-electron chi connectivity index (χ4n) is 3.02. The smallest absolute Gasteiger partial charge is 0.416 e. The molecule has 0 saturated carbocycles. The Kier molecular flexibility index (Phi) is 4.20.